The molecule has 3 nitrogen and oxygen atoms in total. The van der Waals surface area contributed by atoms with Crippen molar-refractivity contribution in [2.24, 2.45) is 0 Å². The topological polar surface area (TPSA) is 30.7 Å². The van der Waals surface area contributed by atoms with Crippen molar-refractivity contribution in [3.8, 4) is 16.9 Å². The maximum atomic E-state index is 13.0. The van der Waals surface area contributed by atoms with Crippen LogP contribution in [0.2, 0.25) is 0 Å². The smallest absolute Gasteiger partial charge is 0.219 e. The van der Waals surface area contributed by atoms with E-state index in [-0.39, 0.29) is 0 Å². The molecule has 0 aliphatic rings. The van der Waals surface area contributed by atoms with Crippen molar-refractivity contribution in [1.82, 2.24) is 15.0 Å². The zero-order valence-corrected chi connectivity index (χ0v) is 14.5. The van der Waals surface area contributed by atoms with E-state index in [4.69, 9.17) is 0 Å². The highest BCUT2D eigenvalue weighted by Crippen LogP contribution is 2.35. The Morgan fingerprint density at radius 2 is 1.80 bits per heavy atom. The van der Waals surface area contributed by atoms with E-state index >= 15 is 0 Å². The van der Waals surface area contributed by atoms with E-state index in [1.807, 2.05) is 38.1 Å². The molecule has 0 atom stereocenters. The number of benzene rings is 2. The minimum Gasteiger partial charge on any atom is -0.219 e. The first-order valence-corrected chi connectivity index (χ1v) is 8.71. The van der Waals surface area contributed by atoms with E-state index in [0.29, 0.717) is 22.0 Å². The van der Waals surface area contributed by atoms with Crippen LogP contribution in [0, 0.1) is 6.92 Å². The number of thioether (sulfide) groups is 1. The molecule has 3 aromatic rings. The van der Waals surface area contributed by atoms with Crippen LogP contribution in [0.15, 0.2) is 53.6 Å². The fraction of sp³-hybridized carbons (Fsp3) is 0.222. The van der Waals surface area contributed by atoms with Crippen LogP contribution in [0.5, 0.6) is 0 Å². The van der Waals surface area contributed by atoms with Crippen molar-refractivity contribution < 1.29 is 13.2 Å². The molecule has 0 spiro atoms. The van der Waals surface area contributed by atoms with Gasteiger partial charge < -0.3 is 0 Å². The van der Waals surface area contributed by atoms with Crippen LogP contribution in [0.3, 0.4) is 0 Å². The quantitative estimate of drug-likeness (QED) is 0.584. The molecule has 0 saturated heterocycles. The third-order valence-corrected chi connectivity index (χ3v) is 4.60. The van der Waals surface area contributed by atoms with Crippen LogP contribution < -0.4 is 0 Å². The minimum atomic E-state index is -4.36. The number of halogens is 3. The Morgan fingerprint density at radius 1 is 1.08 bits per heavy atom. The van der Waals surface area contributed by atoms with Crippen molar-refractivity contribution in [2.75, 3.05) is 5.75 Å². The number of alkyl halides is 3. The zero-order valence-electron chi connectivity index (χ0n) is 13.7. The Morgan fingerprint density at radius 3 is 2.44 bits per heavy atom. The average Bonchev–Trinajstić information content (AvgIpc) is 3.05. The molecule has 2 aromatic carbocycles. The van der Waals surface area contributed by atoms with E-state index in [9.17, 15) is 13.2 Å². The number of aromatic nitrogens is 3. The molecular formula is C18H16F3N3S. The SMILES string of the molecule is CCSc1cc(C(F)(F)F)ccc1-n1cc(-c2ccc(C)cc2)nn1. The molecule has 0 aliphatic heterocycles. The van der Waals surface area contributed by atoms with E-state index < -0.39 is 11.7 Å². The van der Waals surface area contributed by atoms with Crippen molar-refractivity contribution in [3.63, 3.8) is 0 Å². The molecule has 130 valence electrons. The van der Waals surface area contributed by atoms with Gasteiger partial charge in [-0.1, -0.05) is 42.0 Å². The predicted molar refractivity (Wildman–Crippen MR) is 92.9 cm³/mol. The molecule has 0 radical (unpaired) electrons. The van der Waals surface area contributed by atoms with Gasteiger partial charge in [-0.05, 0) is 30.9 Å². The summed E-state index contributed by atoms with van der Waals surface area (Å²) in [5.41, 5.74) is 2.65. The Balaban J connectivity index is 2.00. The number of aryl methyl sites for hydroxylation is 1. The summed E-state index contributed by atoms with van der Waals surface area (Å²) in [4.78, 5) is 0.526. The summed E-state index contributed by atoms with van der Waals surface area (Å²) in [5.74, 6) is 0.661. The standard InChI is InChI=1S/C18H16F3N3S/c1-3-25-17-10-14(18(19,20)21)8-9-16(17)24-11-15(22-23-24)13-6-4-12(2)5-7-13/h4-11H,3H2,1-2H3. The van der Waals surface area contributed by atoms with Gasteiger partial charge in [-0.25, -0.2) is 4.68 Å². The molecule has 1 aromatic heterocycles. The second kappa shape index (κ2) is 6.92. The van der Waals surface area contributed by atoms with Crippen molar-refractivity contribution in [2.45, 2.75) is 24.9 Å². The number of hydrogen-bond acceptors (Lipinski definition) is 3. The van der Waals surface area contributed by atoms with E-state index in [2.05, 4.69) is 10.3 Å². The van der Waals surface area contributed by atoms with Gasteiger partial charge in [-0.15, -0.1) is 16.9 Å². The van der Waals surface area contributed by atoms with Crippen LogP contribution in [0.1, 0.15) is 18.1 Å². The summed E-state index contributed by atoms with van der Waals surface area (Å²) < 4.78 is 40.4. The molecule has 0 bridgehead atoms. The van der Waals surface area contributed by atoms with Gasteiger partial charge in [0, 0.05) is 10.5 Å². The highest BCUT2D eigenvalue weighted by molar-refractivity contribution is 7.99. The largest absolute Gasteiger partial charge is 0.416 e. The van der Waals surface area contributed by atoms with Crippen LogP contribution >= 0.6 is 11.8 Å². The summed E-state index contributed by atoms with van der Waals surface area (Å²) in [5, 5.41) is 8.24. The van der Waals surface area contributed by atoms with Crippen LogP contribution in [0.4, 0.5) is 13.2 Å². The molecule has 0 N–H and O–H groups in total. The summed E-state index contributed by atoms with van der Waals surface area (Å²) >= 11 is 1.35. The molecule has 7 heteroatoms. The molecule has 0 amide bonds. The third-order valence-electron chi connectivity index (χ3n) is 3.67. The number of rotatable bonds is 4. The molecule has 0 fully saturated rings. The Labute approximate surface area is 147 Å². The van der Waals surface area contributed by atoms with E-state index in [0.717, 1.165) is 23.3 Å². The van der Waals surface area contributed by atoms with Gasteiger partial charge in [0.05, 0.1) is 17.4 Å². The second-order valence-electron chi connectivity index (χ2n) is 5.53. The summed E-state index contributed by atoms with van der Waals surface area (Å²) in [6.07, 6.45) is -2.63. The first-order chi connectivity index (χ1) is 11.9. The van der Waals surface area contributed by atoms with E-state index in [1.54, 1.807) is 6.20 Å². The van der Waals surface area contributed by atoms with Gasteiger partial charge in [-0.3, -0.25) is 0 Å². The maximum Gasteiger partial charge on any atom is 0.416 e. The molecule has 3 rings (SSSR count). The maximum absolute atomic E-state index is 13.0. The molecule has 0 unspecified atom stereocenters. The Hall–Kier alpha value is -2.28. The lowest BCUT2D eigenvalue weighted by molar-refractivity contribution is -0.137. The van der Waals surface area contributed by atoms with Gasteiger partial charge in [0.25, 0.3) is 0 Å². The monoisotopic (exact) mass is 363 g/mol. The van der Waals surface area contributed by atoms with Gasteiger partial charge in [-0.2, -0.15) is 13.2 Å². The van der Waals surface area contributed by atoms with Crippen LogP contribution in [-0.4, -0.2) is 20.7 Å². The Kier molecular flexibility index (Phi) is 4.85. The molecule has 0 aliphatic carbocycles. The first-order valence-electron chi connectivity index (χ1n) is 7.72. The summed E-state index contributed by atoms with van der Waals surface area (Å²) in [7, 11) is 0. The first kappa shape index (κ1) is 17.5. The highest BCUT2D eigenvalue weighted by atomic mass is 32.2. The van der Waals surface area contributed by atoms with Gasteiger partial charge in [0.15, 0.2) is 0 Å². The summed E-state index contributed by atoms with van der Waals surface area (Å²) in [6, 6.07) is 11.5. The molecule has 25 heavy (non-hydrogen) atoms. The lowest BCUT2D eigenvalue weighted by atomic mass is 10.1. The van der Waals surface area contributed by atoms with Crippen LogP contribution in [-0.2, 0) is 6.18 Å². The van der Waals surface area contributed by atoms with Crippen molar-refractivity contribution >= 4 is 11.8 Å². The van der Waals surface area contributed by atoms with Crippen molar-refractivity contribution in [1.29, 1.82) is 0 Å². The molecule has 0 saturated carbocycles. The van der Waals surface area contributed by atoms with Gasteiger partial charge in [0.2, 0.25) is 0 Å². The fourth-order valence-corrected chi connectivity index (χ4v) is 3.22. The van der Waals surface area contributed by atoms with Crippen LogP contribution in [0.25, 0.3) is 16.9 Å². The summed E-state index contributed by atoms with van der Waals surface area (Å²) in [6.45, 7) is 3.89. The third kappa shape index (κ3) is 3.87. The highest BCUT2D eigenvalue weighted by Gasteiger charge is 2.31. The Bertz CT molecular complexity index is 870. The fourth-order valence-electron chi connectivity index (χ4n) is 2.39. The molecular weight excluding hydrogens is 347 g/mol. The average molecular weight is 363 g/mol. The van der Waals surface area contributed by atoms with Gasteiger partial charge >= 0.3 is 6.18 Å². The lowest BCUT2D eigenvalue weighted by Gasteiger charge is -2.12. The zero-order chi connectivity index (χ0) is 18.0. The minimum absolute atomic E-state index is 0.526. The normalized spacial score (nSPS) is 11.7. The lowest BCUT2D eigenvalue weighted by Crippen LogP contribution is -2.06. The number of hydrogen-bond donors (Lipinski definition) is 0. The second-order valence-corrected chi connectivity index (χ2v) is 6.83. The van der Waals surface area contributed by atoms with Crippen molar-refractivity contribution in [3.05, 3.63) is 59.8 Å². The van der Waals surface area contributed by atoms with Gasteiger partial charge in [0.1, 0.15) is 5.69 Å². The van der Waals surface area contributed by atoms with E-state index in [1.165, 1.54) is 22.5 Å². The predicted octanol–water partition coefficient (Wildman–Crippen LogP) is 5.37. The molecule has 1 heterocycles. The number of nitrogens with zero attached hydrogens (tertiary/aromatic N) is 3.